The summed E-state index contributed by atoms with van der Waals surface area (Å²) >= 11 is 0. The molecule has 2 aromatic carbocycles. The van der Waals surface area contributed by atoms with E-state index >= 15 is 0 Å². The zero-order valence-corrected chi connectivity index (χ0v) is 12.3. The molecular weight excluding hydrogens is 309 g/mol. The number of fused-ring (bicyclic) bond motifs is 1. The highest BCUT2D eigenvalue weighted by atomic mass is 32.2. The fraction of sp³-hybridized carbons (Fsp3) is 0.0714. The maximum absolute atomic E-state index is 12.9. The lowest BCUT2D eigenvalue weighted by molar-refractivity contribution is 0.415. The van der Waals surface area contributed by atoms with Crippen LogP contribution in [0.4, 0.5) is 10.2 Å². The second-order valence-corrected chi connectivity index (χ2v) is 6.23. The molecule has 22 heavy (non-hydrogen) atoms. The van der Waals surface area contributed by atoms with Gasteiger partial charge in [0.1, 0.15) is 11.6 Å². The van der Waals surface area contributed by atoms with Crippen molar-refractivity contribution in [2.24, 2.45) is 0 Å². The van der Waals surface area contributed by atoms with Gasteiger partial charge in [0.15, 0.2) is 5.82 Å². The molecule has 3 aromatic rings. The molecule has 0 amide bonds. The van der Waals surface area contributed by atoms with Crippen LogP contribution in [-0.4, -0.2) is 25.7 Å². The summed E-state index contributed by atoms with van der Waals surface area (Å²) in [6, 6.07) is 9.68. The van der Waals surface area contributed by atoms with E-state index in [2.05, 4.69) is 14.9 Å². The first kappa shape index (κ1) is 14.3. The van der Waals surface area contributed by atoms with Gasteiger partial charge in [-0.2, -0.15) is 5.10 Å². The van der Waals surface area contributed by atoms with E-state index in [1.807, 2.05) is 0 Å². The molecule has 0 aliphatic heterocycles. The third kappa shape index (κ3) is 2.60. The molecule has 0 aliphatic carbocycles. The quantitative estimate of drug-likeness (QED) is 0.773. The van der Waals surface area contributed by atoms with Gasteiger partial charge in [0, 0.05) is 5.39 Å². The summed E-state index contributed by atoms with van der Waals surface area (Å²) in [6.07, 6.45) is 0. The number of aromatic nitrogens is 2. The molecule has 0 bridgehead atoms. The molecule has 8 heteroatoms. The number of benzene rings is 2. The maximum atomic E-state index is 12.9. The van der Waals surface area contributed by atoms with Crippen LogP contribution < -0.4 is 9.46 Å². The van der Waals surface area contributed by atoms with Crippen LogP contribution in [0.25, 0.3) is 10.9 Å². The Labute approximate surface area is 126 Å². The van der Waals surface area contributed by atoms with Crippen molar-refractivity contribution in [1.82, 2.24) is 10.2 Å². The SMILES string of the molecule is COc1ccc2[nH]nc(NS(=O)(=O)c3ccc(F)cc3)c2c1. The Hall–Kier alpha value is -2.61. The van der Waals surface area contributed by atoms with Crippen molar-refractivity contribution < 1.29 is 17.5 Å². The first-order valence-corrected chi connectivity index (χ1v) is 7.78. The van der Waals surface area contributed by atoms with Gasteiger partial charge in [-0.3, -0.25) is 9.82 Å². The second-order valence-electron chi connectivity index (χ2n) is 4.54. The molecule has 1 aromatic heterocycles. The van der Waals surface area contributed by atoms with Crippen LogP contribution in [0.15, 0.2) is 47.4 Å². The van der Waals surface area contributed by atoms with Crippen LogP contribution in [-0.2, 0) is 10.0 Å². The molecule has 0 spiro atoms. The van der Waals surface area contributed by atoms with Crippen LogP contribution in [0.3, 0.4) is 0 Å². The van der Waals surface area contributed by atoms with E-state index in [1.165, 1.54) is 19.2 Å². The molecule has 3 rings (SSSR count). The number of anilines is 1. The van der Waals surface area contributed by atoms with Gasteiger partial charge < -0.3 is 4.74 Å². The smallest absolute Gasteiger partial charge is 0.263 e. The average molecular weight is 321 g/mol. The van der Waals surface area contributed by atoms with Crippen molar-refractivity contribution in [2.45, 2.75) is 4.90 Å². The number of halogens is 1. The lowest BCUT2D eigenvalue weighted by atomic mass is 10.2. The monoisotopic (exact) mass is 321 g/mol. The largest absolute Gasteiger partial charge is 0.497 e. The highest BCUT2D eigenvalue weighted by Gasteiger charge is 2.17. The van der Waals surface area contributed by atoms with Gasteiger partial charge >= 0.3 is 0 Å². The van der Waals surface area contributed by atoms with Crippen molar-refractivity contribution in [3.63, 3.8) is 0 Å². The Morgan fingerprint density at radius 3 is 2.59 bits per heavy atom. The number of rotatable bonds is 4. The molecule has 114 valence electrons. The van der Waals surface area contributed by atoms with Crippen LogP contribution in [0.5, 0.6) is 5.75 Å². The van der Waals surface area contributed by atoms with Crippen LogP contribution in [0.2, 0.25) is 0 Å². The molecule has 1 heterocycles. The number of aromatic amines is 1. The molecule has 0 radical (unpaired) electrons. The predicted octanol–water partition coefficient (Wildman–Crippen LogP) is 2.51. The van der Waals surface area contributed by atoms with Crippen molar-refractivity contribution >= 4 is 26.7 Å². The van der Waals surface area contributed by atoms with E-state index < -0.39 is 15.8 Å². The van der Waals surface area contributed by atoms with Gasteiger partial charge in [0.05, 0.1) is 17.5 Å². The highest BCUT2D eigenvalue weighted by molar-refractivity contribution is 7.92. The number of ether oxygens (including phenoxy) is 1. The molecule has 0 aliphatic rings. The number of nitrogens with zero attached hydrogens (tertiary/aromatic N) is 1. The van der Waals surface area contributed by atoms with Crippen molar-refractivity contribution in [3.05, 3.63) is 48.3 Å². The number of sulfonamides is 1. The summed E-state index contributed by atoms with van der Waals surface area (Å²) in [5, 5.41) is 7.26. The maximum Gasteiger partial charge on any atom is 0.263 e. The molecule has 0 fully saturated rings. The van der Waals surface area contributed by atoms with Crippen molar-refractivity contribution in [3.8, 4) is 5.75 Å². The summed E-state index contributed by atoms with van der Waals surface area (Å²) in [5.74, 6) is 0.225. The molecule has 2 N–H and O–H groups in total. The molecular formula is C14H12FN3O3S. The third-order valence-electron chi connectivity index (χ3n) is 3.12. The van der Waals surface area contributed by atoms with E-state index in [9.17, 15) is 12.8 Å². The van der Waals surface area contributed by atoms with E-state index in [4.69, 9.17) is 4.74 Å². The summed E-state index contributed by atoms with van der Waals surface area (Å²) in [5.41, 5.74) is 0.664. The number of hydrogen-bond donors (Lipinski definition) is 2. The first-order chi connectivity index (χ1) is 10.5. The molecule has 0 atom stereocenters. The standard InChI is InChI=1S/C14H12FN3O3S/c1-21-10-4-7-13-12(8-10)14(17-16-13)18-22(19,20)11-5-2-9(15)3-6-11/h2-8H,1H3,(H2,16,17,18). The number of methoxy groups -OCH3 is 1. The van der Waals surface area contributed by atoms with Gasteiger partial charge in [-0.15, -0.1) is 0 Å². The van der Waals surface area contributed by atoms with E-state index in [0.29, 0.717) is 16.7 Å². The van der Waals surface area contributed by atoms with Gasteiger partial charge in [0.25, 0.3) is 10.0 Å². The fourth-order valence-electron chi connectivity index (χ4n) is 2.00. The Morgan fingerprint density at radius 1 is 1.18 bits per heavy atom. The van der Waals surface area contributed by atoms with Gasteiger partial charge in [-0.1, -0.05) is 0 Å². The Balaban J connectivity index is 2.00. The Kier molecular flexibility index (Phi) is 3.45. The first-order valence-electron chi connectivity index (χ1n) is 6.30. The normalized spacial score (nSPS) is 11.5. The van der Waals surface area contributed by atoms with Crippen molar-refractivity contribution in [1.29, 1.82) is 0 Å². The lowest BCUT2D eigenvalue weighted by Gasteiger charge is -2.06. The van der Waals surface area contributed by atoms with E-state index in [0.717, 1.165) is 12.1 Å². The summed E-state index contributed by atoms with van der Waals surface area (Å²) in [6.45, 7) is 0. The van der Waals surface area contributed by atoms with Crippen LogP contribution >= 0.6 is 0 Å². The summed E-state index contributed by atoms with van der Waals surface area (Å²) in [4.78, 5) is -0.0482. The number of H-pyrrole nitrogens is 1. The minimum atomic E-state index is -3.85. The Bertz CT molecular complexity index is 920. The topological polar surface area (TPSA) is 84.1 Å². The van der Waals surface area contributed by atoms with Crippen molar-refractivity contribution in [2.75, 3.05) is 11.8 Å². The zero-order chi connectivity index (χ0) is 15.7. The summed E-state index contributed by atoms with van der Waals surface area (Å²) in [7, 11) is -2.33. The molecule has 0 unspecified atom stereocenters. The minimum Gasteiger partial charge on any atom is -0.497 e. The van der Waals surface area contributed by atoms with Crippen LogP contribution in [0.1, 0.15) is 0 Å². The average Bonchev–Trinajstić information content (AvgIpc) is 2.89. The number of hydrogen-bond acceptors (Lipinski definition) is 4. The minimum absolute atomic E-state index is 0.0482. The highest BCUT2D eigenvalue weighted by Crippen LogP contribution is 2.26. The molecule has 0 saturated carbocycles. The summed E-state index contributed by atoms with van der Waals surface area (Å²) < 4.78 is 45.0. The van der Waals surface area contributed by atoms with Gasteiger partial charge in [0.2, 0.25) is 0 Å². The molecule has 0 saturated heterocycles. The zero-order valence-electron chi connectivity index (χ0n) is 11.5. The lowest BCUT2D eigenvalue weighted by Crippen LogP contribution is -2.13. The Morgan fingerprint density at radius 2 is 1.91 bits per heavy atom. The third-order valence-corrected chi connectivity index (χ3v) is 4.48. The van der Waals surface area contributed by atoms with Gasteiger partial charge in [-0.05, 0) is 42.5 Å². The van der Waals surface area contributed by atoms with Gasteiger partial charge in [-0.25, -0.2) is 12.8 Å². The predicted molar refractivity (Wildman–Crippen MR) is 79.9 cm³/mol. The fourth-order valence-corrected chi connectivity index (χ4v) is 3.02. The molecule has 6 nitrogen and oxygen atoms in total. The number of nitrogens with one attached hydrogen (secondary N) is 2. The second kappa shape index (κ2) is 5.30. The van der Waals surface area contributed by atoms with E-state index in [-0.39, 0.29) is 10.7 Å². The van der Waals surface area contributed by atoms with Crippen LogP contribution in [0, 0.1) is 5.82 Å². The van der Waals surface area contributed by atoms with E-state index in [1.54, 1.807) is 18.2 Å².